The van der Waals surface area contributed by atoms with Crippen molar-refractivity contribution in [2.24, 2.45) is 0 Å². The fourth-order valence-electron chi connectivity index (χ4n) is 3.22. The standard InChI is InChI=1S/C18H20N4O4/c23-17-16-4-3-14(9-13(16)12-26-17)20-18(24)21-6-2-8-25-15(10-21)11-22-7-1-5-19-22/h1,3-5,7,9,15H,2,6,8,10-12H2,(H,20,24). The first-order valence-corrected chi connectivity index (χ1v) is 8.64. The van der Waals surface area contributed by atoms with Gasteiger partial charge in [0.15, 0.2) is 0 Å². The molecule has 8 nitrogen and oxygen atoms in total. The molecule has 1 unspecified atom stereocenters. The van der Waals surface area contributed by atoms with Crippen LogP contribution in [0.2, 0.25) is 0 Å². The number of esters is 1. The molecule has 2 aromatic rings. The Kier molecular flexibility index (Phi) is 4.57. The molecule has 1 fully saturated rings. The Morgan fingerprint density at radius 2 is 2.31 bits per heavy atom. The highest BCUT2D eigenvalue weighted by atomic mass is 16.5. The number of benzene rings is 1. The predicted octanol–water partition coefficient (Wildman–Crippen LogP) is 1.88. The van der Waals surface area contributed by atoms with Gasteiger partial charge in [0.2, 0.25) is 0 Å². The molecule has 1 saturated heterocycles. The molecular weight excluding hydrogens is 336 g/mol. The van der Waals surface area contributed by atoms with E-state index in [1.165, 1.54) is 0 Å². The van der Waals surface area contributed by atoms with Crippen molar-refractivity contribution in [2.45, 2.75) is 25.7 Å². The van der Waals surface area contributed by atoms with Gasteiger partial charge in [0.25, 0.3) is 0 Å². The highest BCUT2D eigenvalue weighted by molar-refractivity contribution is 5.95. The zero-order valence-corrected chi connectivity index (χ0v) is 14.3. The van der Waals surface area contributed by atoms with E-state index in [9.17, 15) is 9.59 Å². The second-order valence-electron chi connectivity index (χ2n) is 6.40. The molecule has 0 saturated carbocycles. The van der Waals surface area contributed by atoms with Crippen LogP contribution in [-0.4, -0.2) is 52.5 Å². The van der Waals surface area contributed by atoms with Gasteiger partial charge in [-0.05, 0) is 30.7 Å². The quantitative estimate of drug-likeness (QED) is 0.849. The third-order valence-corrected chi connectivity index (χ3v) is 4.52. The first-order valence-electron chi connectivity index (χ1n) is 8.64. The third kappa shape index (κ3) is 3.55. The van der Waals surface area contributed by atoms with Crippen molar-refractivity contribution >= 4 is 17.7 Å². The van der Waals surface area contributed by atoms with Gasteiger partial charge in [0.05, 0.1) is 24.8 Å². The number of carbonyl (C=O) groups excluding carboxylic acids is 2. The van der Waals surface area contributed by atoms with Gasteiger partial charge in [0, 0.05) is 36.8 Å². The molecule has 1 aromatic heterocycles. The van der Waals surface area contributed by atoms with Crippen LogP contribution < -0.4 is 5.32 Å². The monoisotopic (exact) mass is 356 g/mol. The van der Waals surface area contributed by atoms with Crippen LogP contribution >= 0.6 is 0 Å². The highest BCUT2D eigenvalue weighted by Crippen LogP contribution is 2.23. The maximum Gasteiger partial charge on any atom is 0.338 e. The molecule has 0 radical (unpaired) electrons. The maximum atomic E-state index is 12.7. The third-order valence-electron chi connectivity index (χ3n) is 4.52. The summed E-state index contributed by atoms with van der Waals surface area (Å²) in [4.78, 5) is 25.9. The summed E-state index contributed by atoms with van der Waals surface area (Å²) in [6.45, 7) is 2.61. The SMILES string of the molecule is O=C1OCc2cc(NC(=O)N3CCCOC(Cn4cccn4)C3)ccc21. The number of cyclic esters (lactones) is 1. The largest absolute Gasteiger partial charge is 0.457 e. The van der Waals surface area contributed by atoms with E-state index in [0.717, 1.165) is 12.0 Å². The van der Waals surface area contributed by atoms with Gasteiger partial charge in [-0.1, -0.05) is 0 Å². The number of carbonyl (C=O) groups is 2. The lowest BCUT2D eigenvalue weighted by Crippen LogP contribution is -2.41. The second kappa shape index (κ2) is 7.17. The number of urea groups is 1. The number of fused-ring (bicyclic) bond motifs is 1. The molecule has 0 aliphatic carbocycles. The van der Waals surface area contributed by atoms with Crippen molar-refractivity contribution < 1.29 is 19.1 Å². The average molecular weight is 356 g/mol. The van der Waals surface area contributed by atoms with Crippen molar-refractivity contribution in [3.05, 3.63) is 47.8 Å². The Bertz CT molecular complexity index is 806. The van der Waals surface area contributed by atoms with Crippen LogP contribution in [0.4, 0.5) is 10.5 Å². The molecule has 1 atom stereocenters. The number of rotatable bonds is 3. The smallest absolute Gasteiger partial charge is 0.338 e. The average Bonchev–Trinajstić information content (AvgIpc) is 3.20. The van der Waals surface area contributed by atoms with Crippen molar-refractivity contribution in [3.8, 4) is 0 Å². The van der Waals surface area contributed by atoms with E-state index in [1.807, 2.05) is 16.9 Å². The lowest BCUT2D eigenvalue weighted by molar-refractivity contribution is 0.0442. The van der Waals surface area contributed by atoms with Crippen LogP contribution in [0.1, 0.15) is 22.3 Å². The fraction of sp³-hybridized carbons (Fsp3) is 0.389. The van der Waals surface area contributed by atoms with E-state index in [2.05, 4.69) is 10.4 Å². The molecule has 2 aliphatic rings. The number of nitrogens with one attached hydrogen (secondary N) is 1. The van der Waals surface area contributed by atoms with E-state index >= 15 is 0 Å². The Morgan fingerprint density at radius 3 is 3.15 bits per heavy atom. The number of aromatic nitrogens is 2. The molecule has 0 spiro atoms. The molecule has 2 amide bonds. The minimum atomic E-state index is -0.316. The van der Waals surface area contributed by atoms with E-state index in [0.29, 0.717) is 37.5 Å². The fourth-order valence-corrected chi connectivity index (χ4v) is 3.22. The van der Waals surface area contributed by atoms with Gasteiger partial charge >= 0.3 is 12.0 Å². The van der Waals surface area contributed by atoms with Gasteiger partial charge in [-0.3, -0.25) is 4.68 Å². The Hall–Kier alpha value is -2.87. The topological polar surface area (TPSA) is 85.7 Å². The zero-order valence-electron chi connectivity index (χ0n) is 14.3. The van der Waals surface area contributed by atoms with E-state index in [-0.39, 0.29) is 24.7 Å². The van der Waals surface area contributed by atoms with Gasteiger partial charge in [-0.2, -0.15) is 5.10 Å². The Balaban J connectivity index is 1.41. The summed E-state index contributed by atoms with van der Waals surface area (Å²) in [5, 5.41) is 7.10. The first kappa shape index (κ1) is 16.6. The molecule has 4 rings (SSSR count). The normalized spacial score (nSPS) is 19.6. The van der Waals surface area contributed by atoms with E-state index in [1.54, 1.807) is 29.3 Å². The summed E-state index contributed by atoms with van der Waals surface area (Å²) in [5.41, 5.74) is 2.01. The molecule has 8 heteroatoms. The number of anilines is 1. The summed E-state index contributed by atoms with van der Waals surface area (Å²) in [6.07, 6.45) is 4.29. The minimum Gasteiger partial charge on any atom is -0.457 e. The lowest BCUT2D eigenvalue weighted by Gasteiger charge is -2.24. The van der Waals surface area contributed by atoms with Crippen LogP contribution in [0.3, 0.4) is 0 Å². The molecule has 0 bridgehead atoms. The van der Waals surface area contributed by atoms with E-state index in [4.69, 9.17) is 9.47 Å². The van der Waals surface area contributed by atoms with Crippen molar-refractivity contribution in [1.29, 1.82) is 0 Å². The van der Waals surface area contributed by atoms with Crippen molar-refractivity contribution in [2.75, 3.05) is 25.0 Å². The molecule has 1 N–H and O–H groups in total. The second-order valence-corrected chi connectivity index (χ2v) is 6.40. The summed E-state index contributed by atoms with van der Waals surface area (Å²) in [6, 6.07) is 6.88. The number of nitrogens with zero attached hydrogens (tertiary/aromatic N) is 3. The number of hydrogen-bond donors (Lipinski definition) is 1. The van der Waals surface area contributed by atoms with Gasteiger partial charge in [-0.15, -0.1) is 0 Å². The van der Waals surface area contributed by atoms with Crippen molar-refractivity contribution in [1.82, 2.24) is 14.7 Å². The first-order chi connectivity index (χ1) is 12.7. The van der Waals surface area contributed by atoms with Gasteiger partial charge in [0.1, 0.15) is 6.61 Å². The summed E-state index contributed by atoms with van der Waals surface area (Å²) in [7, 11) is 0. The van der Waals surface area contributed by atoms with Crippen LogP contribution in [0, 0.1) is 0 Å². The zero-order chi connectivity index (χ0) is 17.9. The molecule has 136 valence electrons. The Morgan fingerprint density at radius 1 is 1.38 bits per heavy atom. The Labute approximate surface area is 150 Å². The molecule has 2 aliphatic heterocycles. The summed E-state index contributed by atoms with van der Waals surface area (Å²) >= 11 is 0. The van der Waals surface area contributed by atoms with Gasteiger partial charge in [-0.25, -0.2) is 9.59 Å². The minimum absolute atomic E-state index is 0.103. The molecule has 1 aromatic carbocycles. The maximum absolute atomic E-state index is 12.7. The number of amides is 2. The molecule has 26 heavy (non-hydrogen) atoms. The highest BCUT2D eigenvalue weighted by Gasteiger charge is 2.25. The predicted molar refractivity (Wildman–Crippen MR) is 92.7 cm³/mol. The van der Waals surface area contributed by atoms with E-state index < -0.39 is 0 Å². The van der Waals surface area contributed by atoms with Crippen LogP contribution in [0.25, 0.3) is 0 Å². The number of hydrogen-bond acceptors (Lipinski definition) is 5. The van der Waals surface area contributed by atoms with Crippen LogP contribution in [0.15, 0.2) is 36.7 Å². The van der Waals surface area contributed by atoms with Crippen molar-refractivity contribution in [3.63, 3.8) is 0 Å². The molecule has 3 heterocycles. The summed E-state index contributed by atoms with van der Waals surface area (Å²) in [5.74, 6) is -0.316. The molecular formula is C18H20N4O4. The lowest BCUT2D eigenvalue weighted by atomic mass is 10.1. The van der Waals surface area contributed by atoms with Crippen LogP contribution in [0.5, 0.6) is 0 Å². The van der Waals surface area contributed by atoms with Gasteiger partial charge < -0.3 is 19.7 Å². The number of ether oxygens (including phenoxy) is 2. The van der Waals surface area contributed by atoms with Crippen LogP contribution in [-0.2, 0) is 22.6 Å². The summed E-state index contributed by atoms with van der Waals surface area (Å²) < 4.78 is 12.6.